The summed E-state index contributed by atoms with van der Waals surface area (Å²) in [5.74, 6) is 1.45. The summed E-state index contributed by atoms with van der Waals surface area (Å²) < 4.78 is 12.1. The highest BCUT2D eigenvalue weighted by atomic mass is 32.1. The van der Waals surface area contributed by atoms with Crippen molar-refractivity contribution in [2.24, 2.45) is 0 Å². The highest BCUT2D eigenvalue weighted by molar-refractivity contribution is 7.22. The lowest BCUT2D eigenvalue weighted by molar-refractivity contribution is 0.0985. The van der Waals surface area contributed by atoms with Crippen LogP contribution in [0.1, 0.15) is 35.7 Å². The number of ether oxygens (including phenoxy) is 2. The minimum atomic E-state index is -0.0972. The fourth-order valence-electron chi connectivity index (χ4n) is 3.31. The van der Waals surface area contributed by atoms with E-state index >= 15 is 0 Å². The van der Waals surface area contributed by atoms with Crippen molar-refractivity contribution < 1.29 is 14.3 Å². The van der Waals surface area contributed by atoms with Crippen LogP contribution in [-0.2, 0) is 6.54 Å². The molecular formula is C26H26N2O3S. The minimum absolute atomic E-state index is 0.0972. The molecule has 0 bridgehead atoms. The van der Waals surface area contributed by atoms with Gasteiger partial charge in [-0.1, -0.05) is 55.0 Å². The summed E-state index contributed by atoms with van der Waals surface area (Å²) in [7, 11) is 1.64. The SMILES string of the molecule is CCCCOc1ccc(C(=O)N(Cc2ccccc2)c2nc3ccc(OC)cc3s2)cc1. The fourth-order valence-corrected chi connectivity index (χ4v) is 4.30. The number of anilines is 1. The molecule has 3 aromatic carbocycles. The smallest absolute Gasteiger partial charge is 0.260 e. The van der Waals surface area contributed by atoms with E-state index in [0.29, 0.717) is 23.8 Å². The van der Waals surface area contributed by atoms with Crippen LogP contribution in [0.2, 0.25) is 0 Å². The van der Waals surface area contributed by atoms with Gasteiger partial charge in [0.15, 0.2) is 5.13 Å². The standard InChI is InChI=1S/C26H26N2O3S/c1-3-4-16-31-21-12-10-20(11-13-21)25(29)28(18-19-8-6-5-7-9-19)26-27-23-15-14-22(30-2)17-24(23)32-26/h5-15,17H,3-4,16,18H2,1-2H3. The Morgan fingerprint density at radius 1 is 1.00 bits per heavy atom. The molecule has 0 radical (unpaired) electrons. The Labute approximate surface area is 192 Å². The molecule has 0 saturated carbocycles. The normalized spacial score (nSPS) is 10.8. The van der Waals surface area contributed by atoms with E-state index in [-0.39, 0.29) is 5.91 Å². The molecule has 0 saturated heterocycles. The molecule has 6 heteroatoms. The van der Waals surface area contributed by atoms with Gasteiger partial charge < -0.3 is 9.47 Å². The van der Waals surface area contributed by atoms with Crippen molar-refractivity contribution in [2.75, 3.05) is 18.6 Å². The van der Waals surface area contributed by atoms with E-state index in [9.17, 15) is 4.79 Å². The maximum atomic E-state index is 13.5. The van der Waals surface area contributed by atoms with Gasteiger partial charge in [0.1, 0.15) is 11.5 Å². The van der Waals surface area contributed by atoms with Gasteiger partial charge in [0, 0.05) is 5.56 Å². The number of hydrogen-bond acceptors (Lipinski definition) is 5. The Hall–Kier alpha value is -3.38. The molecule has 1 aromatic heterocycles. The van der Waals surface area contributed by atoms with Crippen LogP contribution >= 0.6 is 11.3 Å². The summed E-state index contributed by atoms with van der Waals surface area (Å²) in [5, 5.41) is 0.658. The lowest BCUT2D eigenvalue weighted by Gasteiger charge is -2.20. The van der Waals surface area contributed by atoms with Crippen molar-refractivity contribution in [3.63, 3.8) is 0 Å². The molecule has 0 N–H and O–H groups in total. The molecular weight excluding hydrogens is 420 g/mol. The molecule has 4 rings (SSSR count). The van der Waals surface area contributed by atoms with Gasteiger partial charge in [0.2, 0.25) is 0 Å². The second kappa shape index (κ2) is 10.3. The van der Waals surface area contributed by atoms with Crippen LogP contribution in [0.5, 0.6) is 11.5 Å². The Morgan fingerprint density at radius 3 is 2.47 bits per heavy atom. The highest BCUT2D eigenvalue weighted by Crippen LogP contribution is 2.33. The summed E-state index contributed by atoms with van der Waals surface area (Å²) in [5.41, 5.74) is 2.48. The topological polar surface area (TPSA) is 51.7 Å². The van der Waals surface area contributed by atoms with E-state index in [1.165, 1.54) is 11.3 Å². The molecule has 0 unspecified atom stereocenters. The van der Waals surface area contributed by atoms with Crippen molar-refractivity contribution in [1.82, 2.24) is 4.98 Å². The van der Waals surface area contributed by atoms with Crippen molar-refractivity contribution in [3.8, 4) is 11.5 Å². The Bertz CT molecular complexity index is 1170. The third-order valence-corrected chi connectivity index (χ3v) is 6.15. The molecule has 0 aliphatic carbocycles. The van der Waals surface area contributed by atoms with Crippen LogP contribution < -0.4 is 14.4 Å². The van der Waals surface area contributed by atoms with Crippen LogP contribution in [-0.4, -0.2) is 24.6 Å². The number of fused-ring (bicyclic) bond motifs is 1. The van der Waals surface area contributed by atoms with Gasteiger partial charge in [-0.05, 0) is 54.4 Å². The highest BCUT2D eigenvalue weighted by Gasteiger charge is 2.22. The quantitative estimate of drug-likeness (QED) is 0.282. The maximum absolute atomic E-state index is 13.5. The number of methoxy groups -OCH3 is 1. The predicted molar refractivity (Wildman–Crippen MR) is 130 cm³/mol. The Morgan fingerprint density at radius 2 is 1.75 bits per heavy atom. The number of unbranched alkanes of at least 4 members (excludes halogenated alkanes) is 1. The van der Waals surface area contributed by atoms with Crippen LogP contribution in [0.4, 0.5) is 5.13 Å². The number of amides is 1. The number of carbonyl (C=O) groups excluding carboxylic acids is 1. The Kier molecular flexibility index (Phi) is 7.02. The largest absolute Gasteiger partial charge is 0.497 e. The molecule has 1 amide bonds. The Balaban J connectivity index is 1.64. The number of aromatic nitrogens is 1. The van der Waals surface area contributed by atoms with Crippen LogP contribution in [0.25, 0.3) is 10.2 Å². The van der Waals surface area contributed by atoms with E-state index in [1.54, 1.807) is 12.0 Å². The molecule has 0 fully saturated rings. The van der Waals surface area contributed by atoms with E-state index in [0.717, 1.165) is 40.1 Å². The van der Waals surface area contributed by atoms with E-state index in [4.69, 9.17) is 14.5 Å². The number of hydrogen-bond donors (Lipinski definition) is 0. The lowest BCUT2D eigenvalue weighted by Crippen LogP contribution is -2.30. The lowest BCUT2D eigenvalue weighted by atomic mass is 10.1. The van der Waals surface area contributed by atoms with E-state index in [1.807, 2.05) is 72.8 Å². The van der Waals surface area contributed by atoms with Gasteiger partial charge in [-0.15, -0.1) is 0 Å². The number of nitrogens with zero attached hydrogens (tertiary/aromatic N) is 2. The second-order valence-electron chi connectivity index (χ2n) is 7.43. The van der Waals surface area contributed by atoms with Crippen molar-refractivity contribution in [3.05, 3.63) is 83.9 Å². The molecule has 0 spiro atoms. The van der Waals surface area contributed by atoms with Crippen molar-refractivity contribution >= 4 is 32.6 Å². The first-order valence-electron chi connectivity index (χ1n) is 10.7. The minimum Gasteiger partial charge on any atom is -0.497 e. The summed E-state index contributed by atoms with van der Waals surface area (Å²) >= 11 is 1.48. The monoisotopic (exact) mass is 446 g/mol. The number of thiazole rings is 1. The third kappa shape index (κ3) is 5.08. The van der Waals surface area contributed by atoms with Gasteiger partial charge in [0.25, 0.3) is 5.91 Å². The first-order valence-corrected chi connectivity index (χ1v) is 11.5. The van der Waals surface area contributed by atoms with Crippen LogP contribution in [0.3, 0.4) is 0 Å². The summed E-state index contributed by atoms with van der Waals surface area (Å²) in [6, 6.07) is 23.0. The molecule has 0 atom stereocenters. The first-order chi connectivity index (χ1) is 15.7. The average Bonchev–Trinajstić information content (AvgIpc) is 3.26. The van der Waals surface area contributed by atoms with Gasteiger partial charge >= 0.3 is 0 Å². The van der Waals surface area contributed by atoms with Crippen molar-refractivity contribution in [2.45, 2.75) is 26.3 Å². The molecule has 4 aromatic rings. The van der Waals surface area contributed by atoms with Crippen LogP contribution in [0.15, 0.2) is 72.8 Å². The zero-order valence-electron chi connectivity index (χ0n) is 18.3. The van der Waals surface area contributed by atoms with E-state index in [2.05, 4.69) is 6.92 Å². The van der Waals surface area contributed by atoms with Gasteiger partial charge in [-0.2, -0.15) is 0 Å². The molecule has 32 heavy (non-hydrogen) atoms. The predicted octanol–water partition coefficient (Wildman–Crippen LogP) is 6.33. The number of benzene rings is 3. The van der Waals surface area contributed by atoms with Gasteiger partial charge in [-0.25, -0.2) is 4.98 Å². The summed E-state index contributed by atoms with van der Waals surface area (Å²) in [6.45, 7) is 3.25. The van der Waals surface area contributed by atoms with Gasteiger partial charge in [0.05, 0.1) is 30.5 Å². The maximum Gasteiger partial charge on any atom is 0.260 e. The first kappa shape index (κ1) is 21.8. The molecule has 5 nitrogen and oxygen atoms in total. The van der Waals surface area contributed by atoms with Crippen molar-refractivity contribution in [1.29, 1.82) is 0 Å². The molecule has 0 aliphatic rings. The average molecular weight is 447 g/mol. The number of carbonyl (C=O) groups is 1. The zero-order chi connectivity index (χ0) is 22.3. The van der Waals surface area contributed by atoms with Gasteiger partial charge in [-0.3, -0.25) is 9.69 Å². The summed E-state index contributed by atoms with van der Waals surface area (Å²) in [4.78, 5) is 20.0. The van der Waals surface area contributed by atoms with E-state index < -0.39 is 0 Å². The molecule has 164 valence electrons. The summed E-state index contributed by atoms with van der Waals surface area (Å²) in [6.07, 6.45) is 2.09. The number of rotatable bonds is 9. The molecule has 1 heterocycles. The fraction of sp³-hybridized carbons (Fsp3) is 0.231. The molecule has 0 aliphatic heterocycles. The second-order valence-corrected chi connectivity index (χ2v) is 8.44. The third-order valence-electron chi connectivity index (χ3n) is 5.11. The zero-order valence-corrected chi connectivity index (χ0v) is 19.1. The van der Waals surface area contributed by atoms with Crippen LogP contribution in [0, 0.1) is 0 Å².